The van der Waals surface area contributed by atoms with E-state index < -0.39 is 0 Å². The maximum absolute atomic E-state index is 8.74. The smallest absolute Gasteiger partial charge is 0.101 e. The van der Waals surface area contributed by atoms with Crippen molar-refractivity contribution >= 4 is 11.4 Å². The monoisotopic (exact) mass is 217 g/mol. The zero-order chi connectivity index (χ0) is 11.4. The Kier molecular flexibility index (Phi) is 3.28. The summed E-state index contributed by atoms with van der Waals surface area (Å²) in [5, 5.41) is 12.0. The lowest BCUT2D eigenvalue weighted by atomic mass is 10.1. The van der Waals surface area contributed by atoms with E-state index in [4.69, 9.17) is 15.7 Å². The summed E-state index contributed by atoms with van der Waals surface area (Å²) in [5.74, 6) is 0. The van der Waals surface area contributed by atoms with Gasteiger partial charge < -0.3 is 15.8 Å². The van der Waals surface area contributed by atoms with Gasteiger partial charge in [-0.15, -0.1) is 0 Å². The van der Waals surface area contributed by atoms with Gasteiger partial charge in [0.1, 0.15) is 6.07 Å². The molecule has 1 atom stereocenters. The standard InChI is InChI=1S/C12H15N3O/c13-7-9-3-4-10(6-12(9)14)15-8-11-2-1-5-16-11/h3-4,6,11,15H,1-2,5,8,14H2. The third-order valence-electron chi connectivity index (χ3n) is 2.73. The molecule has 3 N–H and O–H groups in total. The third-order valence-corrected chi connectivity index (χ3v) is 2.73. The van der Waals surface area contributed by atoms with Crippen molar-refractivity contribution in [3.05, 3.63) is 23.8 Å². The number of ether oxygens (including phenoxy) is 1. The van der Waals surface area contributed by atoms with Crippen LogP contribution in [0.1, 0.15) is 18.4 Å². The van der Waals surface area contributed by atoms with Crippen LogP contribution >= 0.6 is 0 Å². The van der Waals surface area contributed by atoms with Crippen LogP contribution in [0.15, 0.2) is 18.2 Å². The second-order valence-electron chi connectivity index (χ2n) is 3.93. The summed E-state index contributed by atoms with van der Waals surface area (Å²) in [4.78, 5) is 0. The normalized spacial score (nSPS) is 19.3. The van der Waals surface area contributed by atoms with Crippen molar-refractivity contribution < 1.29 is 4.74 Å². The quantitative estimate of drug-likeness (QED) is 0.756. The summed E-state index contributed by atoms with van der Waals surface area (Å²) in [5.41, 5.74) is 7.69. The minimum Gasteiger partial charge on any atom is -0.398 e. The number of hydrogen-bond donors (Lipinski definition) is 2. The van der Waals surface area contributed by atoms with E-state index in [0.717, 1.165) is 31.7 Å². The largest absolute Gasteiger partial charge is 0.398 e. The lowest BCUT2D eigenvalue weighted by Gasteiger charge is -2.12. The van der Waals surface area contributed by atoms with Gasteiger partial charge in [0.05, 0.1) is 17.4 Å². The molecule has 0 spiro atoms. The molecule has 16 heavy (non-hydrogen) atoms. The van der Waals surface area contributed by atoms with Crippen molar-refractivity contribution in [3.8, 4) is 6.07 Å². The molecule has 1 fully saturated rings. The summed E-state index contributed by atoms with van der Waals surface area (Å²) in [6.07, 6.45) is 2.55. The van der Waals surface area contributed by atoms with Gasteiger partial charge in [-0.05, 0) is 31.0 Å². The van der Waals surface area contributed by atoms with Crippen molar-refractivity contribution in [1.82, 2.24) is 0 Å². The van der Waals surface area contributed by atoms with Gasteiger partial charge in [0.25, 0.3) is 0 Å². The van der Waals surface area contributed by atoms with Crippen molar-refractivity contribution in [3.63, 3.8) is 0 Å². The van der Waals surface area contributed by atoms with Crippen LogP contribution in [0.5, 0.6) is 0 Å². The number of hydrogen-bond acceptors (Lipinski definition) is 4. The van der Waals surface area contributed by atoms with E-state index in [-0.39, 0.29) is 0 Å². The van der Waals surface area contributed by atoms with Crippen LogP contribution in [-0.2, 0) is 4.74 Å². The fraction of sp³-hybridized carbons (Fsp3) is 0.417. The van der Waals surface area contributed by atoms with E-state index in [1.165, 1.54) is 0 Å². The molecule has 1 heterocycles. The minimum atomic E-state index is 0.303. The summed E-state index contributed by atoms with van der Waals surface area (Å²) < 4.78 is 5.50. The Morgan fingerprint density at radius 2 is 2.44 bits per heavy atom. The maximum atomic E-state index is 8.74. The molecule has 1 saturated heterocycles. The van der Waals surface area contributed by atoms with Gasteiger partial charge >= 0.3 is 0 Å². The number of nitrogens with zero attached hydrogens (tertiary/aromatic N) is 1. The van der Waals surface area contributed by atoms with Gasteiger partial charge in [-0.3, -0.25) is 0 Å². The van der Waals surface area contributed by atoms with Crippen molar-refractivity contribution in [1.29, 1.82) is 5.26 Å². The molecular formula is C12H15N3O. The molecule has 84 valence electrons. The fourth-order valence-corrected chi connectivity index (χ4v) is 1.81. The highest BCUT2D eigenvalue weighted by atomic mass is 16.5. The first kappa shape index (κ1) is 10.8. The number of nitrogen functional groups attached to an aromatic ring is 1. The van der Waals surface area contributed by atoms with Crippen molar-refractivity contribution in [2.24, 2.45) is 0 Å². The van der Waals surface area contributed by atoms with E-state index in [1.54, 1.807) is 12.1 Å². The van der Waals surface area contributed by atoms with Gasteiger partial charge in [0.15, 0.2) is 0 Å². The van der Waals surface area contributed by atoms with Crippen molar-refractivity contribution in [2.75, 3.05) is 24.2 Å². The highest BCUT2D eigenvalue weighted by Crippen LogP contribution is 2.18. The predicted octanol–water partition coefficient (Wildman–Crippen LogP) is 1.73. The number of anilines is 2. The highest BCUT2D eigenvalue weighted by molar-refractivity contribution is 5.62. The molecule has 1 aromatic rings. The first-order valence-corrected chi connectivity index (χ1v) is 5.44. The molecule has 0 aromatic heterocycles. The molecule has 0 saturated carbocycles. The number of nitrogens with two attached hydrogens (primary N) is 1. The van der Waals surface area contributed by atoms with Gasteiger partial charge in [-0.2, -0.15) is 5.26 Å². The van der Waals surface area contributed by atoms with E-state index in [1.807, 2.05) is 12.1 Å². The Labute approximate surface area is 95.0 Å². The molecule has 1 aromatic carbocycles. The third kappa shape index (κ3) is 2.44. The average Bonchev–Trinajstić information content (AvgIpc) is 2.79. The zero-order valence-electron chi connectivity index (χ0n) is 9.07. The van der Waals surface area contributed by atoms with E-state index in [0.29, 0.717) is 17.4 Å². The summed E-state index contributed by atoms with van der Waals surface area (Å²) in [7, 11) is 0. The molecule has 1 unspecified atom stereocenters. The molecule has 2 rings (SSSR count). The SMILES string of the molecule is N#Cc1ccc(NCC2CCCO2)cc1N. The summed E-state index contributed by atoms with van der Waals surface area (Å²) in [6, 6.07) is 7.42. The molecule has 0 aliphatic carbocycles. The predicted molar refractivity (Wildman–Crippen MR) is 63.0 cm³/mol. The molecule has 4 heteroatoms. The number of nitriles is 1. The van der Waals surface area contributed by atoms with Crippen LogP contribution in [0, 0.1) is 11.3 Å². The highest BCUT2D eigenvalue weighted by Gasteiger charge is 2.14. The summed E-state index contributed by atoms with van der Waals surface area (Å²) in [6.45, 7) is 1.66. The Hall–Kier alpha value is -1.73. The van der Waals surface area contributed by atoms with Gasteiger partial charge in [-0.25, -0.2) is 0 Å². The second-order valence-corrected chi connectivity index (χ2v) is 3.93. The van der Waals surface area contributed by atoms with Crippen molar-refractivity contribution in [2.45, 2.75) is 18.9 Å². The summed E-state index contributed by atoms with van der Waals surface area (Å²) >= 11 is 0. The topological polar surface area (TPSA) is 71.1 Å². The number of nitrogens with one attached hydrogen (secondary N) is 1. The van der Waals surface area contributed by atoms with Gasteiger partial charge in [0.2, 0.25) is 0 Å². The van der Waals surface area contributed by atoms with Crippen LogP contribution in [0.3, 0.4) is 0 Å². The molecule has 4 nitrogen and oxygen atoms in total. The molecule has 1 aliphatic rings. The Bertz CT molecular complexity index is 405. The lowest BCUT2D eigenvalue weighted by Crippen LogP contribution is -2.18. The second kappa shape index (κ2) is 4.86. The number of rotatable bonds is 3. The molecule has 0 radical (unpaired) electrons. The lowest BCUT2D eigenvalue weighted by molar-refractivity contribution is 0.120. The Balaban J connectivity index is 1.94. The van der Waals surface area contributed by atoms with Crippen LogP contribution < -0.4 is 11.1 Å². The molecular weight excluding hydrogens is 202 g/mol. The first-order valence-electron chi connectivity index (χ1n) is 5.44. The van der Waals surface area contributed by atoms with Gasteiger partial charge in [0, 0.05) is 18.8 Å². The van der Waals surface area contributed by atoms with E-state index >= 15 is 0 Å². The van der Waals surface area contributed by atoms with Crippen LogP contribution in [0.25, 0.3) is 0 Å². The Morgan fingerprint density at radius 1 is 1.56 bits per heavy atom. The number of benzene rings is 1. The first-order chi connectivity index (χ1) is 7.79. The van der Waals surface area contributed by atoms with E-state index in [2.05, 4.69) is 5.32 Å². The van der Waals surface area contributed by atoms with Crippen LogP contribution in [-0.4, -0.2) is 19.3 Å². The fourth-order valence-electron chi connectivity index (χ4n) is 1.81. The average molecular weight is 217 g/mol. The minimum absolute atomic E-state index is 0.303. The molecule has 0 amide bonds. The van der Waals surface area contributed by atoms with Crippen LogP contribution in [0.4, 0.5) is 11.4 Å². The molecule has 0 bridgehead atoms. The van der Waals surface area contributed by atoms with Crippen LogP contribution in [0.2, 0.25) is 0 Å². The van der Waals surface area contributed by atoms with Gasteiger partial charge in [-0.1, -0.05) is 0 Å². The molecule has 1 aliphatic heterocycles. The Morgan fingerprint density at radius 3 is 3.06 bits per heavy atom. The van der Waals surface area contributed by atoms with E-state index in [9.17, 15) is 0 Å². The zero-order valence-corrected chi connectivity index (χ0v) is 9.07. The maximum Gasteiger partial charge on any atom is 0.101 e.